The van der Waals surface area contributed by atoms with Crippen LogP contribution in [0.4, 0.5) is 0 Å². The SMILES string of the molecule is N#Cc1ccc2nnc(-c3cc(Br)sc3Br)n2c1. The predicted octanol–water partition coefficient (Wildman–Crippen LogP) is 3.85. The van der Waals surface area contributed by atoms with Crippen LogP contribution in [-0.4, -0.2) is 14.6 Å². The van der Waals surface area contributed by atoms with Gasteiger partial charge >= 0.3 is 0 Å². The first-order valence-corrected chi connectivity index (χ1v) is 7.29. The van der Waals surface area contributed by atoms with E-state index in [1.165, 1.54) is 0 Å². The molecule has 0 spiro atoms. The third kappa shape index (κ3) is 1.86. The van der Waals surface area contributed by atoms with E-state index in [1.54, 1.807) is 29.7 Å². The summed E-state index contributed by atoms with van der Waals surface area (Å²) in [5.41, 5.74) is 2.25. The van der Waals surface area contributed by atoms with Crippen LogP contribution in [-0.2, 0) is 0 Å². The Labute approximate surface area is 123 Å². The minimum Gasteiger partial charge on any atom is -0.281 e. The quantitative estimate of drug-likeness (QED) is 0.641. The van der Waals surface area contributed by atoms with Crippen LogP contribution in [0.5, 0.6) is 0 Å². The van der Waals surface area contributed by atoms with E-state index in [9.17, 15) is 0 Å². The Morgan fingerprint density at radius 1 is 1.28 bits per heavy atom. The van der Waals surface area contributed by atoms with Crippen molar-refractivity contribution in [3.63, 3.8) is 0 Å². The van der Waals surface area contributed by atoms with Gasteiger partial charge in [0.2, 0.25) is 0 Å². The molecule has 0 bridgehead atoms. The van der Waals surface area contributed by atoms with Crippen LogP contribution in [0.15, 0.2) is 32.0 Å². The Morgan fingerprint density at radius 2 is 2.11 bits per heavy atom. The summed E-state index contributed by atoms with van der Waals surface area (Å²) >= 11 is 8.51. The third-order valence-corrected chi connectivity index (χ3v) is 4.77. The number of nitriles is 1. The normalized spacial score (nSPS) is 10.7. The molecule has 0 aliphatic carbocycles. The van der Waals surface area contributed by atoms with Gasteiger partial charge in [-0.25, -0.2) is 0 Å². The van der Waals surface area contributed by atoms with Gasteiger partial charge in [-0.2, -0.15) is 5.26 Å². The van der Waals surface area contributed by atoms with E-state index < -0.39 is 0 Å². The number of hydrogen-bond acceptors (Lipinski definition) is 4. The van der Waals surface area contributed by atoms with Gasteiger partial charge in [-0.15, -0.1) is 21.5 Å². The summed E-state index contributed by atoms with van der Waals surface area (Å²) in [6.07, 6.45) is 1.74. The van der Waals surface area contributed by atoms with Gasteiger partial charge in [0.25, 0.3) is 0 Å². The Bertz CT molecular complexity index is 784. The van der Waals surface area contributed by atoms with Gasteiger partial charge in [0.1, 0.15) is 6.07 Å². The van der Waals surface area contributed by atoms with Crippen molar-refractivity contribution in [2.24, 2.45) is 0 Å². The summed E-state index contributed by atoms with van der Waals surface area (Å²) in [4.78, 5) is 0. The van der Waals surface area contributed by atoms with Crippen LogP contribution in [0.1, 0.15) is 5.56 Å². The van der Waals surface area contributed by atoms with Crippen LogP contribution in [0, 0.1) is 11.3 Å². The highest BCUT2D eigenvalue weighted by atomic mass is 79.9. The molecule has 0 fully saturated rings. The van der Waals surface area contributed by atoms with Crippen LogP contribution in [0.3, 0.4) is 0 Å². The summed E-state index contributed by atoms with van der Waals surface area (Å²) in [5.74, 6) is 0.718. The molecule has 4 nitrogen and oxygen atoms in total. The smallest absolute Gasteiger partial charge is 0.170 e. The Kier molecular flexibility index (Phi) is 2.93. The molecular weight excluding hydrogens is 380 g/mol. The topological polar surface area (TPSA) is 54.0 Å². The first kappa shape index (κ1) is 11.8. The molecule has 88 valence electrons. The summed E-state index contributed by atoms with van der Waals surface area (Å²) < 4.78 is 3.81. The van der Waals surface area contributed by atoms with Crippen molar-refractivity contribution in [2.45, 2.75) is 0 Å². The van der Waals surface area contributed by atoms with Crippen molar-refractivity contribution >= 4 is 48.8 Å². The second kappa shape index (κ2) is 4.46. The number of fused-ring (bicyclic) bond motifs is 1. The molecule has 0 N–H and O–H groups in total. The zero-order chi connectivity index (χ0) is 12.7. The lowest BCUT2D eigenvalue weighted by Gasteiger charge is -1.98. The molecule has 7 heteroatoms. The Hall–Kier alpha value is -1.23. The first-order chi connectivity index (χ1) is 8.69. The predicted molar refractivity (Wildman–Crippen MR) is 76.4 cm³/mol. The van der Waals surface area contributed by atoms with Crippen molar-refractivity contribution in [3.8, 4) is 17.5 Å². The summed E-state index contributed by atoms with van der Waals surface area (Å²) in [7, 11) is 0. The number of pyridine rings is 1. The second-order valence-corrected chi connectivity index (χ2v) is 7.27. The molecule has 3 heterocycles. The summed E-state index contributed by atoms with van der Waals surface area (Å²) in [5, 5.41) is 17.2. The number of rotatable bonds is 1. The fourth-order valence-corrected chi connectivity index (χ4v) is 4.42. The Balaban J connectivity index is 2.30. The van der Waals surface area contributed by atoms with Gasteiger partial charge in [-0.3, -0.25) is 4.40 Å². The van der Waals surface area contributed by atoms with E-state index in [4.69, 9.17) is 5.26 Å². The van der Waals surface area contributed by atoms with Gasteiger partial charge in [0, 0.05) is 11.8 Å². The highest BCUT2D eigenvalue weighted by Gasteiger charge is 2.14. The average molecular weight is 384 g/mol. The molecule has 3 aromatic heterocycles. The van der Waals surface area contributed by atoms with Crippen LogP contribution >= 0.6 is 43.2 Å². The molecule has 0 amide bonds. The van der Waals surface area contributed by atoms with Crippen LogP contribution < -0.4 is 0 Å². The minimum absolute atomic E-state index is 0.578. The largest absolute Gasteiger partial charge is 0.281 e. The average Bonchev–Trinajstić information content (AvgIpc) is 2.91. The van der Waals surface area contributed by atoms with Gasteiger partial charge in [0.05, 0.1) is 13.1 Å². The molecule has 0 saturated heterocycles. The maximum atomic E-state index is 8.94. The molecule has 0 saturated carbocycles. The lowest BCUT2D eigenvalue weighted by molar-refractivity contribution is 1.11. The number of thiophene rings is 1. The third-order valence-electron chi connectivity index (χ3n) is 2.43. The zero-order valence-electron chi connectivity index (χ0n) is 8.76. The zero-order valence-corrected chi connectivity index (χ0v) is 12.8. The van der Waals surface area contributed by atoms with Gasteiger partial charge in [-0.05, 0) is 50.1 Å². The van der Waals surface area contributed by atoms with E-state index >= 15 is 0 Å². The highest BCUT2D eigenvalue weighted by Crippen LogP contribution is 2.37. The van der Waals surface area contributed by atoms with Gasteiger partial charge in [-0.1, -0.05) is 0 Å². The maximum Gasteiger partial charge on any atom is 0.170 e. The van der Waals surface area contributed by atoms with E-state index in [0.717, 1.165) is 24.6 Å². The standard InChI is InChI=1S/C11H4Br2N4S/c12-8-3-7(10(13)18-8)11-16-15-9-2-1-6(4-14)5-17(9)11/h1-3,5H. The van der Waals surface area contributed by atoms with E-state index in [1.807, 2.05) is 10.5 Å². The van der Waals surface area contributed by atoms with Crippen molar-refractivity contribution in [1.82, 2.24) is 14.6 Å². The van der Waals surface area contributed by atoms with E-state index in [2.05, 4.69) is 48.1 Å². The number of halogens is 2. The molecule has 0 radical (unpaired) electrons. The number of nitrogens with zero attached hydrogens (tertiary/aromatic N) is 4. The lowest BCUT2D eigenvalue weighted by Crippen LogP contribution is -1.90. The Morgan fingerprint density at radius 3 is 2.78 bits per heavy atom. The van der Waals surface area contributed by atoms with Crippen LogP contribution in [0.2, 0.25) is 0 Å². The van der Waals surface area contributed by atoms with Crippen LogP contribution in [0.25, 0.3) is 17.0 Å². The van der Waals surface area contributed by atoms with E-state index in [0.29, 0.717) is 5.56 Å². The first-order valence-electron chi connectivity index (χ1n) is 4.89. The minimum atomic E-state index is 0.578. The van der Waals surface area contributed by atoms with E-state index in [-0.39, 0.29) is 0 Å². The monoisotopic (exact) mass is 382 g/mol. The fraction of sp³-hybridized carbons (Fsp3) is 0. The fourth-order valence-electron chi connectivity index (χ4n) is 1.63. The molecule has 0 aliphatic heterocycles. The van der Waals surface area contributed by atoms with Crippen molar-refractivity contribution in [1.29, 1.82) is 5.26 Å². The molecular formula is C11H4Br2N4S. The molecule has 0 aliphatic rings. The summed E-state index contributed by atoms with van der Waals surface area (Å²) in [6.45, 7) is 0. The van der Waals surface area contributed by atoms with Crippen molar-refractivity contribution in [3.05, 3.63) is 37.5 Å². The summed E-state index contributed by atoms with van der Waals surface area (Å²) in [6, 6.07) is 7.60. The van der Waals surface area contributed by atoms with Crippen molar-refractivity contribution < 1.29 is 0 Å². The van der Waals surface area contributed by atoms with Gasteiger partial charge < -0.3 is 0 Å². The maximum absolute atomic E-state index is 8.94. The molecule has 3 rings (SSSR count). The van der Waals surface area contributed by atoms with Gasteiger partial charge in [0.15, 0.2) is 11.5 Å². The molecule has 3 aromatic rings. The molecule has 0 unspecified atom stereocenters. The van der Waals surface area contributed by atoms with Crippen molar-refractivity contribution in [2.75, 3.05) is 0 Å². The lowest BCUT2D eigenvalue weighted by atomic mass is 10.3. The molecule has 0 atom stereocenters. The second-order valence-electron chi connectivity index (χ2n) is 3.52. The molecule has 18 heavy (non-hydrogen) atoms. The number of aromatic nitrogens is 3. The number of hydrogen-bond donors (Lipinski definition) is 0. The molecule has 0 aromatic carbocycles. The highest BCUT2D eigenvalue weighted by molar-refractivity contribution is 9.12.